The van der Waals surface area contributed by atoms with Gasteiger partial charge in [0.1, 0.15) is 11.5 Å². The van der Waals surface area contributed by atoms with E-state index in [1.54, 1.807) is 17.6 Å². The van der Waals surface area contributed by atoms with E-state index in [0.29, 0.717) is 11.5 Å². The molecule has 1 unspecified atom stereocenters. The second-order valence-electron chi connectivity index (χ2n) is 7.08. The molecule has 1 amide bonds. The smallest absolute Gasteiger partial charge is 0.260 e. The molecule has 1 aliphatic rings. The number of nitrogens with zero attached hydrogens (tertiary/aromatic N) is 1. The fraction of sp³-hybridized carbons (Fsp3) is 0.381. The Kier molecular flexibility index (Phi) is 9.10. The van der Waals surface area contributed by atoms with Gasteiger partial charge in [-0.05, 0) is 68.8 Å². The van der Waals surface area contributed by atoms with Gasteiger partial charge in [0, 0.05) is 0 Å². The second-order valence-corrected chi connectivity index (χ2v) is 9.19. The highest BCUT2D eigenvalue weighted by molar-refractivity contribution is 7.91. The van der Waals surface area contributed by atoms with Crippen LogP contribution in [0.5, 0.6) is 11.5 Å². The first-order chi connectivity index (χ1) is 14.0. The minimum Gasteiger partial charge on any atom is -0.457 e. The summed E-state index contributed by atoms with van der Waals surface area (Å²) in [5.41, 5.74) is 1.68. The van der Waals surface area contributed by atoms with Crippen LogP contribution in [0, 0.1) is 0 Å². The number of rotatable bonds is 8. The third-order valence-electron chi connectivity index (χ3n) is 5.07. The molecular formula is C21H27ClN2O5S. The average molecular weight is 455 g/mol. The van der Waals surface area contributed by atoms with Crippen molar-refractivity contribution in [3.05, 3.63) is 54.6 Å². The number of hydrogen-bond donors (Lipinski definition) is 2. The molecule has 0 spiro atoms. The van der Waals surface area contributed by atoms with E-state index >= 15 is 0 Å². The molecule has 1 aliphatic heterocycles. The highest BCUT2D eigenvalue weighted by atomic mass is 35.5. The number of carbonyl (C=O) groups excluding carboxylic acids is 1. The largest absolute Gasteiger partial charge is 0.457 e. The zero-order valence-corrected chi connectivity index (χ0v) is 18.2. The first-order valence-corrected chi connectivity index (χ1v) is 11.4. The van der Waals surface area contributed by atoms with Crippen LogP contribution in [-0.2, 0) is 14.6 Å². The van der Waals surface area contributed by atoms with Gasteiger partial charge < -0.3 is 4.74 Å². The van der Waals surface area contributed by atoms with E-state index in [-0.39, 0.29) is 29.5 Å². The summed E-state index contributed by atoms with van der Waals surface area (Å²) < 4.78 is 31.2. The van der Waals surface area contributed by atoms with Crippen LogP contribution in [0.2, 0.25) is 0 Å². The van der Waals surface area contributed by atoms with Crippen LogP contribution in [0.25, 0.3) is 0 Å². The lowest BCUT2D eigenvalue weighted by Gasteiger charge is -2.33. The number of para-hydroxylation sites is 1. The number of carbonyl (C=O) groups is 1. The summed E-state index contributed by atoms with van der Waals surface area (Å²) in [6.07, 6.45) is 3.15. The number of benzene rings is 2. The van der Waals surface area contributed by atoms with E-state index in [0.717, 1.165) is 32.4 Å². The maximum Gasteiger partial charge on any atom is 0.260 e. The minimum atomic E-state index is -3.57. The van der Waals surface area contributed by atoms with Crippen molar-refractivity contribution in [2.75, 3.05) is 18.8 Å². The molecule has 0 aliphatic carbocycles. The van der Waals surface area contributed by atoms with Crippen molar-refractivity contribution in [1.29, 1.82) is 0 Å². The number of piperidine rings is 1. The zero-order chi connectivity index (χ0) is 20.7. The molecule has 2 aromatic carbocycles. The van der Waals surface area contributed by atoms with Crippen LogP contribution >= 0.6 is 12.4 Å². The molecule has 0 aromatic heterocycles. The molecule has 0 bridgehead atoms. The molecule has 9 heteroatoms. The summed E-state index contributed by atoms with van der Waals surface area (Å²) in [5.74, 6) is 0.470. The molecule has 1 saturated heterocycles. The number of hydroxylamine groups is 1. The Morgan fingerprint density at radius 2 is 1.60 bits per heavy atom. The summed E-state index contributed by atoms with van der Waals surface area (Å²) in [7, 11) is -3.57. The Hall–Kier alpha value is -2.13. The molecule has 1 fully saturated rings. The highest BCUT2D eigenvalue weighted by Gasteiger charge is 2.29. The van der Waals surface area contributed by atoms with Crippen molar-refractivity contribution in [2.45, 2.75) is 36.6 Å². The lowest BCUT2D eigenvalue weighted by Crippen LogP contribution is -2.48. The van der Waals surface area contributed by atoms with Crippen LogP contribution in [0.4, 0.5) is 0 Å². The van der Waals surface area contributed by atoms with Crippen molar-refractivity contribution in [3.8, 4) is 11.5 Å². The molecule has 1 heterocycles. The van der Waals surface area contributed by atoms with Crippen molar-refractivity contribution in [3.63, 3.8) is 0 Å². The minimum absolute atomic E-state index is 0. The van der Waals surface area contributed by atoms with Gasteiger partial charge in [0.05, 0.1) is 16.7 Å². The predicted molar refractivity (Wildman–Crippen MR) is 116 cm³/mol. The molecule has 7 nitrogen and oxygen atoms in total. The lowest BCUT2D eigenvalue weighted by molar-refractivity contribution is -0.135. The molecule has 3 rings (SSSR count). The third kappa shape index (κ3) is 6.43. The standard InChI is InChI=1S/C21H26N2O5S.ClH/c24-21(22-25)20(23-14-5-2-6-15-23)13-16-29(26,27)19-11-9-18(10-12-19)28-17-7-3-1-4-8-17;/h1,3-4,7-12,20,25H,2,5-6,13-16H2,(H,22,24);1H. The Morgan fingerprint density at radius 1 is 1.00 bits per heavy atom. The Bertz CT molecular complexity index is 901. The van der Waals surface area contributed by atoms with Gasteiger partial charge in [-0.2, -0.15) is 0 Å². The predicted octanol–water partition coefficient (Wildman–Crippen LogP) is 3.42. The maximum absolute atomic E-state index is 12.7. The van der Waals surface area contributed by atoms with Crippen molar-refractivity contribution >= 4 is 28.2 Å². The van der Waals surface area contributed by atoms with Gasteiger partial charge in [0.15, 0.2) is 9.84 Å². The summed E-state index contributed by atoms with van der Waals surface area (Å²) in [5, 5.41) is 9.04. The number of ether oxygens (including phenoxy) is 1. The number of nitrogens with one attached hydrogen (secondary N) is 1. The molecule has 2 N–H and O–H groups in total. The van der Waals surface area contributed by atoms with Crippen LogP contribution < -0.4 is 10.2 Å². The second kappa shape index (κ2) is 11.3. The zero-order valence-electron chi connectivity index (χ0n) is 16.6. The van der Waals surface area contributed by atoms with Crippen LogP contribution in [0.15, 0.2) is 59.5 Å². The number of amides is 1. The van der Waals surface area contributed by atoms with E-state index < -0.39 is 21.8 Å². The number of likely N-dealkylation sites (tertiary alicyclic amines) is 1. The quantitative estimate of drug-likeness (QED) is 0.468. The molecule has 164 valence electrons. The average Bonchev–Trinajstić information content (AvgIpc) is 2.75. The SMILES string of the molecule is Cl.O=C(NO)C(CCS(=O)(=O)c1ccc(Oc2ccccc2)cc1)N1CCCCC1. The Labute approximate surface area is 183 Å². The molecule has 0 saturated carbocycles. The fourth-order valence-corrected chi connectivity index (χ4v) is 4.83. The summed E-state index contributed by atoms with van der Waals surface area (Å²) in [6.45, 7) is 1.45. The van der Waals surface area contributed by atoms with Gasteiger partial charge in [-0.3, -0.25) is 14.9 Å². The van der Waals surface area contributed by atoms with Crippen LogP contribution in [0.1, 0.15) is 25.7 Å². The molecular weight excluding hydrogens is 428 g/mol. The molecule has 1 atom stereocenters. The van der Waals surface area contributed by atoms with E-state index in [1.807, 2.05) is 35.2 Å². The molecule has 0 radical (unpaired) electrons. The summed E-state index contributed by atoms with van der Waals surface area (Å²) >= 11 is 0. The normalized spacial score (nSPS) is 15.6. The molecule has 30 heavy (non-hydrogen) atoms. The lowest BCUT2D eigenvalue weighted by atomic mass is 10.1. The number of hydrogen-bond acceptors (Lipinski definition) is 6. The summed E-state index contributed by atoms with van der Waals surface area (Å²) in [6, 6.07) is 14.8. The van der Waals surface area contributed by atoms with Gasteiger partial charge >= 0.3 is 0 Å². The maximum atomic E-state index is 12.7. The third-order valence-corrected chi connectivity index (χ3v) is 6.83. The van der Waals surface area contributed by atoms with Gasteiger partial charge in [0.25, 0.3) is 5.91 Å². The van der Waals surface area contributed by atoms with E-state index in [4.69, 9.17) is 9.94 Å². The van der Waals surface area contributed by atoms with Crippen LogP contribution in [0.3, 0.4) is 0 Å². The van der Waals surface area contributed by atoms with Gasteiger partial charge in [-0.15, -0.1) is 12.4 Å². The Balaban J connectivity index is 0.00000320. The first kappa shape index (κ1) is 24.1. The summed E-state index contributed by atoms with van der Waals surface area (Å²) in [4.78, 5) is 14.2. The number of sulfone groups is 1. The van der Waals surface area contributed by atoms with Crippen molar-refractivity contribution in [1.82, 2.24) is 10.4 Å². The van der Waals surface area contributed by atoms with Gasteiger partial charge in [-0.25, -0.2) is 13.9 Å². The molecule has 2 aromatic rings. The highest BCUT2D eigenvalue weighted by Crippen LogP contribution is 2.24. The first-order valence-electron chi connectivity index (χ1n) is 9.73. The number of halogens is 1. The van der Waals surface area contributed by atoms with E-state index in [9.17, 15) is 13.2 Å². The topological polar surface area (TPSA) is 95.9 Å². The van der Waals surface area contributed by atoms with Crippen LogP contribution in [-0.4, -0.2) is 49.3 Å². The van der Waals surface area contributed by atoms with Gasteiger partial charge in [-0.1, -0.05) is 24.6 Å². The van der Waals surface area contributed by atoms with Crippen molar-refractivity contribution < 1.29 is 23.2 Å². The Morgan fingerprint density at radius 3 is 2.20 bits per heavy atom. The monoisotopic (exact) mass is 454 g/mol. The van der Waals surface area contributed by atoms with Gasteiger partial charge in [0.2, 0.25) is 0 Å². The van der Waals surface area contributed by atoms with Crippen molar-refractivity contribution in [2.24, 2.45) is 0 Å². The van der Waals surface area contributed by atoms with E-state index in [1.165, 1.54) is 12.1 Å². The van der Waals surface area contributed by atoms with E-state index in [2.05, 4.69) is 0 Å². The fourth-order valence-electron chi connectivity index (χ4n) is 3.51.